The topological polar surface area (TPSA) is 66.5 Å². The Morgan fingerprint density at radius 2 is 1.72 bits per heavy atom. The largest absolute Gasteiger partial charge is 0.345 e. The van der Waals surface area contributed by atoms with E-state index in [1.165, 1.54) is 28.6 Å². The van der Waals surface area contributed by atoms with Gasteiger partial charge in [0.15, 0.2) is 11.6 Å². The maximum absolute atomic E-state index is 13.5. The van der Waals surface area contributed by atoms with E-state index >= 15 is 0 Å². The zero-order valence-corrected chi connectivity index (χ0v) is 18.9. The van der Waals surface area contributed by atoms with E-state index in [1.54, 1.807) is 44.2 Å². The van der Waals surface area contributed by atoms with Crippen LogP contribution in [0.4, 0.5) is 14.5 Å². The number of para-hydroxylation sites is 1. The number of nitrogens with zero attached hydrogens (tertiary/aromatic N) is 1. The van der Waals surface area contributed by atoms with Gasteiger partial charge in [0.05, 0.1) is 27.2 Å². The van der Waals surface area contributed by atoms with Gasteiger partial charge in [0.1, 0.15) is 0 Å². The third-order valence-corrected chi connectivity index (χ3v) is 7.12. The number of halogens is 3. The summed E-state index contributed by atoms with van der Waals surface area (Å²) in [7, 11) is -3.96. The van der Waals surface area contributed by atoms with Crippen LogP contribution in [0.1, 0.15) is 35.8 Å². The first kappa shape index (κ1) is 23.7. The number of rotatable bonds is 7. The minimum absolute atomic E-state index is 0.0497. The second kappa shape index (κ2) is 9.67. The molecule has 1 amide bonds. The standard InChI is InChI=1S/C23H21ClF2N2O3S/c1-3-28(17-7-5-4-6-8-17)32(30,31)18-10-11-20(24)19(14-18)23(29)27-15(2)16-9-12-21(25)22(26)13-16/h4-15H,3H2,1-2H3,(H,27,29). The van der Waals surface area contributed by atoms with E-state index in [0.29, 0.717) is 11.3 Å². The highest BCUT2D eigenvalue weighted by molar-refractivity contribution is 7.92. The summed E-state index contributed by atoms with van der Waals surface area (Å²) < 4.78 is 54.4. The summed E-state index contributed by atoms with van der Waals surface area (Å²) in [4.78, 5) is 12.7. The second-order valence-corrected chi connectivity index (χ2v) is 9.29. The summed E-state index contributed by atoms with van der Waals surface area (Å²) in [5.74, 6) is -2.67. The fraction of sp³-hybridized carbons (Fsp3) is 0.174. The van der Waals surface area contributed by atoms with Gasteiger partial charge in [0.2, 0.25) is 0 Å². The molecule has 0 aliphatic rings. The third kappa shape index (κ3) is 4.92. The number of anilines is 1. The van der Waals surface area contributed by atoms with E-state index in [1.807, 2.05) is 0 Å². The number of hydrogen-bond acceptors (Lipinski definition) is 3. The first-order chi connectivity index (χ1) is 15.1. The summed E-state index contributed by atoms with van der Waals surface area (Å²) in [5, 5.41) is 2.69. The molecule has 0 aliphatic heterocycles. The van der Waals surface area contributed by atoms with Crippen molar-refractivity contribution < 1.29 is 22.0 Å². The van der Waals surface area contributed by atoms with Crippen LogP contribution in [0.3, 0.4) is 0 Å². The summed E-state index contributed by atoms with van der Waals surface area (Å²) in [6, 6.07) is 15.1. The van der Waals surface area contributed by atoms with Crippen LogP contribution >= 0.6 is 11.6 Å². The Bertz CT molecular complexity index is 1240. The lowest BCUT2D eigenvalue weighted by atomic mass is 10.1. The molecule has 0 aliphatic carbocycles. The van der Waals surface area contributed by atoms with Crippen molar-refractivity contribution in [2.75, 3.05) is 10.8 Å². The van der Waals surface area contributed by atoms with Gasteiger partial charge in [-0.25, -0.2) is 17.2 Å². The summed E-state index contributed by atoms with van der Waals surface area (Å²) in [5.41, 5.74) is 0.785. The Hall–Kier alpha value is -2.97. The molecule has 0 saturated carbocycles. The average molecular weight is 479 g/mol. The van der Waals surface area contributed by atoms with Gasteiger partial charge in [-0.15, -0.1) is 0 Å². The van der Waals surface area contributed by atoms with Crippen LogP contribution in [0.5, 0.6) is 0 Å². The number of sulfonamides is 1. The molecular weight excluding hydrogens is 458 g/mol. The zero-order valence-electron chi connectivity index (χ0n) is 17.3. The Kier molecular flexibility index (Phi) is 7.16. The van der Waals surface area contributed by atoms with E-state index in [9.17, 15) is 22.0 Å². The van der Waals surface area contributed by atoms with Gasteiger partial charge < -0.3 is 5.32 Å². The van der Waals surface area contributed by atoms with Crippen molar-refractivity contribution in [3.05, 3.63) is 94.5 Å². The van der Waals surface area contributed by atoms with Crippen molar-refractivity contribution in [3.63, 3.8) is 0 Å². The van der Waals surface area contributed by atoms with Crippen LogP contribution in [0.15, 0.2) is 71.6 Å². The lowest BCUT2D eigenvalue weighted by molar-refractivity contribution is 0.0939. The molecule has 0 aromatic heterocycles. The van der Waals surface area contributed by atoms with Gasteiger partial charge in [-0.1, -0.05) is 35.9 Å². The number of hydrogen-bond donors (Lipinski definition) is 1. The van der Waals surface area contributed by atoms with Gasteiger partial charge in [-0.05, 0) is 61.9 Å². The molecule has 3 aromatic rings. The van der Waals surface area contributed by atoms with Gasteiger partial charge in [-0.2, -0.15) is 0 Å². The monoisotopic (exact) mass is 478 g/mol. The predicted octanol–water partition coefficient (Wildman–Crippen LogP) is 5.32. The van der Waals surface area contributed by atoms with Crippen LogP contribution in [0.25, 0.3) is 0 Å². The highest BCUT2D eigenvalue weighted by Crippen LogP contribution is 2.27. The number of carbonyl (C=O) groups is 1. The average Bonchev–Trinajstić information content (AvgIpc) is 2.76. The van der Waals surface area contributed by atoms with Gasteiger partial charge >= 0.3 is 0 Å². The molecule has 3 aromatic carbocycles. The normalized spacial score (nSPS) is 12.3. The molecule has 3 rings (SSSR count). The van der Waals surface area contributed by atoms with Crippen molar-refractivity contribution in [2.24, 2.45) is 0 Å². The minimum atomic E-state index is -3.96. The van der Waals surface area contributed by atoms with Crippen molar-refractivity contribution in [1.82, 2.24) is 5.32 Å². The van der Waals surface area contributed by atoms with E-state index in [0.717, 1.165) is 12.1 Å². The molecule has 0 bridgehead atoms. The third-order valence-electron chi connectivity index (χ3n) is 4.89. The summed E-state index contributed by atoms with van der Waals surface area (Å²) >= 11 is 6.17. The second-order valence-electron chi connectivity index (χ2n) is 7.02. The zero-order chi connectivity index (χ0) is 23.5. The fourth-order valence-electron chi connectivity index (χ4n) is 3.19. The molecule has 0 fully saturated rings. The minimum Gasteiger partial charge on any atom is -0.345 e. The fourth-order valence-corrected chi connectivity index (χ4v) is 4.89. The SMILES string of the molecule is CCN(c1ccccc1)S(=O)(=O)c1ccc(Cl)c(C(=O)NC(C)c2ccc(F)c(F)c2)c1. The predicted molar refractivity (Wildman–Crippen MR) is 120 cm³/mol. The van der Waals surface area contributed by atoms with E-state index < -0.39 is 33.6 Å². The molecule has 1 N–H and O–H groups in total. The van der Waals surface area contributed by atoms with Crippen molar-refractivity contribution in [1.29, 1.82) is 0 Å². The van der Waals surface area contributed by atoms with Crippen LogP contribution in [0.2, 0.25) is 5.02 Å². The maximum Gasteiger partial charge on any atom is 0.264 e. The maximum atomic E-state index is 13.5. The van der Waals surface area contributed by atoms with E-state index in [4.69, 9.17) is 11.6 Å². The van der Waals surface area contributed by atoms with Gasteiger partial charge in [0, 0.05) is 6.54 Å². The van der Waals surface area contributed by atoms with Crippen molar-refractivity contribution >= 4 is 33.2 Å². The molecule has 168 valence electrons. The van der Waals surface area contributed by atoms with Crippen molar-refractivity contribution in [3.8, 4) is 0 Å². The number of nitrogens with one attached hydrogen (secondary N) is 1. The molecule has 0 heterocycles. The number of benzene rings is 3. The van der Waals surface area contributed by atoms with Gasteiger partial charge in [0.25, 0.3) is 15.9 Å². The summed E-state index contributed by atoms with van der Waals surface area (Å²) in [6.45, 7) is 3.48. The lowest BCUT2D eigenvalue weighted by Gasteiger charge is -2.23. The molecule has 0 radical (unpaired) electrons. The Morgan fingerprint density at radius 1 is 1.03 bits per heavy atom. The quantitative estimate of drug-likeness (QED) is 0.499. The summed E-state index contributed by atoms with van der Waals surface area (Å²) in [6.07, 6.45) is 0. The Morgan fingerprint density at radius 3 is 2.34 bits per heavy atom. The van der Waals surface area contributed by atoms with Crippen LogP contribution in [0, 0.1) is 11.6 Å². The molecular formula is C23H21ClF2N2O3S. The highest BCUT2D eigenvalue weighted by atomic mass is 35.5. The van der Waals surface area contributed by atoms with E-state index in [2.05, 4.69) is 5.32 Å². The van der Waals surface area contributed by atoms with E-state index in [-0.39, 0.29) is 22.0 Å². The molecule has 1 atom stereocenters. The smallest absolute Gasteiger partial charge is 0.264 e. The molecule has 5 nitrogen and oxygen atoms in total. The Balaban J connectivity index is 1.90. The molecule has 9 heteroatoms. The van der Waals surface area contributed by atoms with Crippen LogP contribution < -0.4 is 9.62 Å². The van der Waals surface area contributed by atoms with Crippen molar-refractivity contribution in [2.45, 2.75) is 24.8 Å². The number of carbonyl (C=O) groups excluding carboxylic acids is 1. The molecule has 0 saturated heterocycles. The number of amides is 1. The Labute approximate surface area is 190 Å². The highest BCUT2D eigenvalue weighted by Gasteiger charge is 2.26. The molecule has 0 spiro atoms. The first-order valence-corrected chi connectivity index (χ1v) is 11.6. The van der Waals surface area contributed by atoms with Gasteiger partial charge in [-0.3, -0.25) is 9.10 Å². The lowest BCUT2D eigenvalue weighted by Crippen LogP contribution is -2.31. The molecule has 1 unspecified atom stereocenters. The van der Waals surface area contributed by atoms with Crippen LogP contribution in [-0.4, -0.2) is 20.9 Å². The molecule has 32 heavy (non-hydrogen) atoms. The van der Waals surface area contributed by atoms with Crippen LogP contribution in [-0.2, 0) is 10.0 Å². The first-order valence-electron chi connectivity index (χ1n) is 9.78.